The van der Waals surface area contributed by atoms with Gasteiger partial charge >= 0.3 is 5.97 Å². The Kier molecular flexibility index (Phi) is 7.40. The second kappa shape index (κ2) is 10.5. The zero-order valence-electron chi connectivity index (χ0n) is 19.9. The number of nitrogens with zero attached hydrogens (tertiary/aromatic N) is 4. The van der Waals surface area contributed by atoms with Crippen molar-refractivity contribution >= 4 is 23.0 Å². The highest BCUT2D eigenvalue weighted by Crippen LogP contribution is 2.36. The molecule has 1 saturated heterocycles. The number of likely N-dealkylation sites (tertiary alicyclic amines) is 1. The maximum absolute atomic E-state index is 11.0. The van der Waals surface area contributed by atoms with Gasteiger partial charge in [-0.25, -0.2) is 4.85 Å². The van der Waals surface area contributed by atoms with Gasteiger partial charge in [0.05, 0.1) is 12.5 Å². The Morgan fingerprint density at radius 1 is 1.21 bits per heavy atom. The van der Waals surface area contributed by atoms with Gasteiger partial charge in [0.25, 0.3) is 0 Å². The van der Waals surface area contributed by atoms with E-state index in [4.69, 9.17) is 11.7 Å². The molecule has 1 fully saturated rings. The summed E-state index contributed by atoms with van der Waals surface area (Å²) in [6.45, 7) is 16.2. The van der Waals surface area contributed by atoms with Gasteiger partial charge in [0.1, 0.15) is 10.0 Å². The van der Waals surface area contributed by atoms with Gasteiger partial charge in [-0.15, -0.1) is 10.2 Å². The minimum Gasteiger partial charge on any atom is -0.481 e. The second-order valence-corrected chi connectivity index (χ2v) is 10.3. The molecule has 1 aromatic heterocycles. The van der Waals surface area contributed by atoms with Crippen molar-refractivity contribution < 1.29 is 9.90 Å². The third-order valence-electron chi connectivity index (χ3n) is 6.37. The highest BCUT2D eigenvalue weighted by Gasteiger charge is 2.32. The lowest BCUT2D eigenvalue weighted by molar-refractivity contribution is -0.147. The molecule has 2 aromatic carbocycles. The first-order chi connectivity index (χ1) is 16.4. The van der Waals surface area contributed by atoms with Gasteiger partial charge in [0.2, 0.25) is 0 Å². The lowest BCUT2D eigenvalue weighted by Crippen LogP contribution is -2.50. The average Bonchev–Trinajstić information content (AvgIpc) is 3.27. The Morgan fingerprint density at radius 3 is 2.65 bits per heavy atom. The van der Waals surface area contributed by atoms with Gasteiger partial charge in [-0.1, -0.05) is 62.4 Å². The number of carboxylic acids is 1. The summed E-state index contributed by atoms with van der Waals surface area (Å²) in [7, 11) is 0. The van der Waals surface area contributed by atoms with E-state index in [1.165, 1.54) is 11.1 Å². The predicted octanol–water partition coefficient (Wildman–Crippen LogP) is 5.74. The standard InChI is InChI=1S/C27H30N4O2S/c1-5-22-18(11-12-31-15-21(16-31)27(32)33)7-6-8-23(22)26-30-29-25(34-26)20-10-9-19(13-17(2)3)24(14-20)28-4/h6-10,14,17,21H,5,11-13,15-16H2,1-3H3,(H,32,33). The van der Waals surface area contributed by atoms with E-state index < -0.39 is 5.97 Å². The van der Waals surface area contributed by atoms with E-state index in [0.29, 0.717) is 24.7 Å². The van der Waals surface area contributed by atoms with Gasteiger partial charge in [-0.2, -0.15) is 0 Å². The third-order valence-corrected chi connectivity index (χ3v) is 7.37. The summed E-state index contributed by atoms with van der Waals surface area (Å²) in [5.41, 5.74) is 6.37. The first kappa shape index (κ1) is 24.1. The number of benzene rings is 2. The van der Waals surface area contributed by atoms with Crippen LogP contribution in [0.3, 0.4) is 0 Å². The van der Waals surface area contributed by atoms with E-state index >= 15 is 0 Å². The Morgan fingerprint density at radius 2 is 1.97 bits per heavy atom. The average molecular weight is 475 g/mol. The fraction of sp³-hybridized carbons (Fsp3) is 0.407. The molecule has 0 saturated carbocycles. The van der Waals surface area contributed by atoms with E-state index in [0.717, 1.165) is 52.5 Å². The van der Waals surface area contributed by atoms with Crippen LogP contribution < -0.4 is 0 Å². The summed E-state index contributed by atoms with van der Waals surface area (Å²) in [6.07, 6.45) is 2.67. The molecular weight excluding hydrogens is 444 g/mol. The Hall–Kier alpha value is -3.08. The molecule has 0 spiro atoms. The maximum atomic E-state index is 11.0. The van der Waals surface area contributed by atoms with E-state index in [2.05, 4.69) is 58.9 Å². The number of rotatable bonds is 9. The predicted molar refractivity (Wildman–Crippen MR) is 136 cm³/mol. The topological polar surface area (TPSA) is 70.7 Å². The van der Waals surface area contributed by atoms with Crippen molar-refractivity contribution in [3.63, 3.8) is 0 Å². The Labute approximate surface area is 205 Å². The quantitative estimate of drug-likeness (QED) is 0.400. The van der Waals surface area contributed by atoms with Crippen LogP contribution in [0.15, 0.2) is 36.4 Å². The van der Waals surface area contributed by atoms with Crippen LogP contribution in [0.25, 0.3) is 26.0 Å². The molecule has 0 amide bonds. The number of carbonyl (C=O) groups is 1. The number of carboxylic acid groups (broad SMARTS) is 1. The minimum atomic E-state index is -0.697. The number of hydrogen-bond acceptors (Lipinski definition) is 5. The zero-order valence-corrected chi connectivity index (χ0v) is 20.7. The van der Waals surface area contributed by atoms with Crippen LogP contribution in [-0.2, 0) is 24.1 Å². The Balaban J connectivity index is 1.54. The number of aliphatic carboxylic acids is 1. The Bertz CT molecular complexity index is 1220. The molecule has 7 heteroatoms. The molecule has 34 heavy (non-hydrogen) atoms. The lowest BCUT2D eigenvalue weighted by Gasteiger charge is -2.36. The van der Waals surface area contributed by atoms with Gasteiger partial charge < -0.3 is 10.0 Å². The van der Waals surface area contributed by atoms with E-state index in [9.17, 15) is 4.79 Å². The van der Waals surface area contributed by atoms with E-state index in [1.807, 2.05) is 18.2 Å². The second-order valence-electron chi connectivity index (χ2n) is 9.31. The molecule has 0 unspecified atom stereocenters. The number of hydrogen-bond donors (Lipinski definition) is 1. The largest absolute Gasteiger partial charge is 0.481 e. The fourth-order valence-corrected chi connectivity index (χ4v) is 5.43. The van der Waals surface area contributed by atoms with Gasteiger partial charge in [0, 0.05) is 30.8 Å². The van der Waals surface area contributed by atoms with Crippen molar-refractivity contribution in [2.45, 2.75) is 40.0 Å². The number of aromatic nitrogens is 2. The molecule has 2 heterocycles. The van der Waals surface area contributed by atoms with Gasteiger partial charge in [0.15, 0.2) is 5.69 Å². The van der Waals surface area contributed by atoms with Crippen LogP contribution in [0.1, 0.15) is 37.5 Å². The van der Waals surface area contributed by atoms with Crippen LogP contribution >= 0.6 is 11.3 Å². The SMILES string of the molecule is [C-]#[N+]c1cc(-c2nnc(-c3cccc(CCN4CC(C(=O)O)C4)c3CC)s2)ccc1CC(C)C. The summed E-state index contributed by atoms with van der Waals surface area (Å²) >= 11 is 1.56. The van der Waals surface area contributed by atoms with Crippen molar-refractivity contribution in [3.8, 4) is 21.1 Å². The third kappa shape index (κ3) is 5.19. The molecule has 0 radical (unpaired) electrons. The van der Waals surface area contributed by atoms with Crippen LogP contribution in [0.2, 0.25) is 0 Å². The molecule has 3 aromatic rings. The summed E-state index contributed by atoms with van der Waals surface area (Å²) in [6, 6.07) is 12.4. The van der Waals surface area contributed by atoms with Crippen molar-refractivity contribution in [2.24, 2.45) is 11.8 Å². The molecule has 0 atom stereocenters. The summed E-state index contributed by atoms with van der Waals surface area (Å²) in [5.74, 6) is -0.420. The van der Waals surface area contributed by atoms with E-state index in [-0.39, 0.29) is 5.92 Å². The van der Waals surface area contributed by atoms with E-state index in [1.54, 1.807) is 11.3 Å². The normalized spacial score (nSPS) is 14.2. The zero-order chi connectivity index (χ0) is 24.2. The summed E-state index contributed by atoms with van der Waals surface area (Å²) in [4.78, 5) is 17.0. The lowest BCUT2D eigenvalue weighted by atomic mass is 9.95. The molecule has 176 valence electrons. The summed E-state index contributed by atoms with van der Waals surface area (Å²) in [5, 5.41) is 19.8. The highest BCUT2D eigenvalue weighted by atomic mass is 32.1. The molecule has 1 aliphatic heterocycles. The molecular formula is C27H30N4O2S. The summed E-state index contributed by atoms with van der Waals surface area (Å²) < 4.78 is 0. The van der Waals surface area contributed by atoms with Crippen molar-refractivity contribution in [3.05, 3.63) is 64.5 Å². The van der Waals surface area contributed by atoms with Gasteiger partial charge in [-0.05, 0) is 47.9 Å². The smallest absolute Gasteiger partial charge is 0.309 e. The first-order valence-corrected chi connectivity index (χ1v) is 12.6. The monoisotopic (exact) mass is 474 g/mol. The fourth-order valence-electron chi connectivity index (χ4n) is 4.54. The highest BCUT2D eigenvalue weighted by molar-refractivity contribution is 7.17. The molecule has 1 N–H and O–H groups in total. The van der Waals surface area contributed by atoms with Crippen LogP contribution in [-0.4, -0.2) is 45.8 Å². The molecule has 0 bridgehead atoms. The van der Waals surface area contributed by atoms with Crippen molar-refractivity contribution in [1.82, 2.24) is 15.1 Å². The van der Waals surface area contributed by atoms with Gasteiger partial charge in [-0.3, -0.25) is 4.79 Å². The molecule has 4 rings (SSSR count). The van der Waals surface area contributed by atoms with Crippen molar-refractivity contribution in [1.29, 1.82) is 0 Å². The van der Waals surface area contributed by atoms with Crippen LogP contribution in [0.4, 0.5) is 5.69 Å². The molecule has 0 aliphatic carbocycles. The minimum absolute atomic E-state index is 0.223. The van der Waals surface area contributed by atoms with Crippen LogP contribution in [0, 0.1) is 18.4 Å². The van der Waals surface area contributed by atoms with Crippen molar-refractivity contribution in [2.75, 3.05) is 19.6 Å². The van der Waals surface area contributed by atoms with Crippen LogP contribution in [0.5, 0.6) is 0 Å². The first-order valence-electron chi connectivity index (χ1n) is 11.8. The molecule has 1 aliphatic rings. The molecule has 6 nitrogen and oxygen atoms in total. The maximum Gasteiger partial charge on any atom is 0.309 e.